The number of piperidine rings is 1. The lowest BCUT2D eigenvalue weighted by atomic mass is 10.0. The van der Waals surface area contributed by atoms with Gasteiger partial charge < -0.3 is 20.1 Å². The number of likely N-dealkylation sites (tertiary alicyclic amines) is 1. The van der Waals surface area contributed by atoms with Gasteiger partial charge in [0.05, 0.1) is 22.9 Å². The Morgan fingerprint density at radius 2 is 2.30 bits per heavy atom. The summed E-state index contributed by atoms with van der Waals surface area (Å²) in [5, 5.41) is 15.5. The molecule has 0 saturated carbocycles. The second-order valence-corrected chi connectivity index (χ2v) is 7.16. The largest absolute Gasteiger partial charge is 0.389 e. The maximum Gasteiger partial charge on any atom is 0.0900 e. The molecule has 0 spiro atoms. The lowest BCUT2D eigenvalue weighted by molar-refractivity contribution is 0.0310. The lowest BCUT2D eigenvalue weighted by Gasteiger charge is -2.33. The SMILES string of the molecule is COCC(O)CN1CCC(NCc2cnc3ccsc3c2)CC1. The normalized spacial score (nSPS) is 18.5. The van der Waals surface area contributed by atoms with Crippen LogP contribution in [-0.2, 0) is 11.3 Å². The standard InChI is InChI=1S/C17H25N3O2S/c1-22-12-15(21)11-20-5-2-14(3-6-20)18-9-13-8-17-16(19-10-13)4-7-23-17/h4,7-8,10,14-15,18,21H,2-3,5-6,9,11-12H2,1H3. The molecule has 2 N–H and O–H groups in total. The van der Waals surface area contributed by atoms with E-state index in [-0.39, 0.29) is 6.10 Å². The Morgan fingerprint density at radius 1 is 1.48 bits per heavy atom. The van der Waals surface area contributed by atoms with Crippen LogP contribution in [-0.4, -0.2) is 60.5 Å². The molecule has 1 fully saturated rings. The van der Waals surface area contributed by atoms with E-state index in [9.17, 15) is 5.11 Å². The van der Waals surface area contributed by atoms with Crippen LogP contribution < -0.4 is 5.32 Å². The molecule has 0 aromatic carbocycles. The molecule has 3 heterocycles. The van der Waals surface area contributed by atoms with Crippen LogP contribution in [0, 0.1) is 0 Å². The first kappa shape index (κ1) is 16.8. The summed E-state index contributed by atoms with van der Waals surface area (Å²) in [7, 11) is 1.63. The van der Waals surface area contributed by atoms with Gasteiger partial charge in [-0.15, -0.1) is 11.3 Å². The number of aliphatic hydroxyl groups is 1. The van der Waals surface area contributed by atoms with Gasteiger partial charge in [0.15, 0.2) is 0 Å². The number of nitrogens with zero attached hydrogens (tertiary/aromatic N) is 2. The summed E-state index contributed by atoms with van der Waals surface area (Å²) in [6.45, 7) is 4.05. The number of aliphatic hydroxyl groups excluding tert-OH is 1. The fraction of sp³-hybridized carbons (Fsp3) is 0.588. The van der Waals surface area contributed by atoms with E-state index in [2.05, 4.69) is 32.7 Å². The van der Waals surface area contributed by atoms with Crippen LogP contribution in [0.2, 0.25) is 0 Å². The summed E-state index contributed by atoms with van der Waals surface area (Å²) in [5.74, 6) is 0. The quantitative estimate of drug-likeness (QED) is 0.809. The molecule has 6 heteroatoms. The number of nitrogens with one attached hydrogen (secondary N) is 1. The van der Waals surface area contributed by atoms with E-state index in [1.165, 1.54) is 10.3 Å². The maximum atomic E-state index is 9.80. The summed E-state index contributed by atoms with van der Waals surface area (Å²) in [5.41, 5.74) is 2.33. The van der Waals surface area contributed by atoms with Gasteiger partial charge in [-0.2, -0.15) is 0 Å². The van der Waals surface area contributed by atoms with E-state index in [1.807, 2.05) is 6.20 Å². The van der Waals surface area contributed by atoms with E-state index in [0.717, 1.165) is 38.0 Å². The van der Waals surface area contributed by atoms with Crippen LogP contribution in [0.25, 0.3) is 10.2 Å². The zero-order valence-corrected chi connectivity index (χ0v) is 14.4. The van der Waals surface area contributed by atoms with Crippen LogP contribution in [0.15, 0.2) is 23.7 Å². The number of ether oxygens (including phenoxy) is 1. The van der Waals surface area contributed by atoms with Gasteiger partial charge in [0, 0.05) is 32.4 Å². The Balaban J connectivity index is 1.42. The van der Waals surface area contributed by atoms with Crippen molar-refractivity contribution in [1.82, 2.24) is 15.2 Å². The van der Waals surface area contributed by atoms with Gasteiger partial charge in [0.1, 0.15) is 0 Å². The Morgan fingerprint density at radius 3 is 3.09 bits per heavy atom. The van der Waals surface area contributed by atoms with Crippen molar-refractivity contribution in [3.63, 3.8) is 0 Å². The topological polar surface area (TPSA) is 57.6 Å². The second kappa shape index (κ2) is 8.17. The van der Waals surface area contributed by atoms with Crippen molar-refractivity contribution in [2.45, 2.75) is 31.5 Å². The Labute approximate surface area is 141 Å². The number of thiophene rings is 1. The molecular weight excluding hydrogens is 310 g/mol. The molecular formula is C17H25N3O2S. The third kappa shape index (κ3) is 4.71. The molecule has 0 amide bonds. The first-order valence-corrected chi connectivity index (χ1v) is 9.07. The fourth-order valence-corrected chi connectivity index (χ4v) is 3.91. The number of methoxy groups -OCH3 is 1. The summed E-state index contributed by atoms with van der Waals surface area (Å²) in [4.78, 5) is 6.81. The zero-order valence-electron chi connectivity index (χ0n) is 13.6. The molecule has 1 aliphatic rings. The number of rotatable bonds is 7. The molecule has 23 heavy (non-hydrogen) atoms. The Kier molecular flexibility index (Phi) is 5.96. The molecule has 1 atom stereocenters. The number of hydrogen-bond donors (Lipinski definition) is 2. The van der Waals surface area contributed by atoms with Crippen LogP contribution in [0.5, 0.6) is 0 Å². The van der Waals surface area contributed by atoms with Crippen LogP contribution in [0.3, 0.4) is 0 Å². The van der Waals surface area contributed by atoms with Gasteiger partial charge in [-0.1, -0.05) is 0 Å². The average Bonchev–Trinajstić information content (AvgIpc) is 3.02. The van der Waals surface area contributed by atoms with Gasteiger partial charge in [-0.05, 0) is 49.0 Å². The predicted molar refractivity (Wildman–Crippen MR) is 93.8 cm³/mol. The molecule has 2 aromatic rings. The highest BCUT2D eigenvalue weighted by Gasteiger charge is 2.20. The minimum atomic E-state index is -0.381. The minimum Gasteiger partial charge on any atom is -0.389 e. The van der Waals surface area contributed by atoms with E-state index in [1.54, 1.807) is 18.4 Å². The highest BCUT2D eigenvalue weighted by Crippen LogP contribution is 2.19. The van der Waals surface area contributed by atoms with Crippen LogP contribution in [0.1, 0.15) is 18.4 Å². The van der Waals surface area contributed by atoms with Gasteiger partial charge >= 0.3 is 0 Å². The fourth-order valence-electron chi connectivity index (χ4n) is 3.11. The minimum absolute atomic E-state index is 0.381. The van der Waals surface area contributed by atoms with Crippen molar-refractivity contribution >= 4 is 21.6 Å². The molecule has 0 aliphatic carbocycles. The third-order valence-electron chi connectivity index (χ3n) is 4.37. The Bertz CT molecular complexity index is 611. The molecule has 2 aromatic heterocycles. The Hall–Kier alpha value is -1.05. The number of pyridine rings is 1. The van der Waals surface area contributed by atoms with Gasteiger partial charge in [0.2, 0.25) is 0 Å². The smallest absolute Gasteiger partial charge is 0.0900 e. The van der Waals surface area contributed by atoms with E-state index in [0.29, 0.717) is 19.2 Å². The molecule has 1 aliphatic heterocycles. The van der Waals surface area contributed by atoms with Crippen molar-refractivity contribution in [3.05, 3.63) is 29.3 Å². The van der Waals surface area contributed by atoms with Gasteiger partial charge in [-0.3, -0.25) is 4.98 Å². The van der Waals surface area contributed by atoms with Gasteiger partial charge in [-0.25, -0.2) is 0 Å². The van der Waals surface area contributed by atoms with Crippen LogP contribution >= 0.6 is 11.3 Å². The van der Waals surface area contributed by atoms with Crippen molar-refractivity contribution in [1.29, 1.82) is 0 Å². The summed E-state index contributed by atoms with van der Waals surface area (Å²) >= 11 is 1.74. The van der Waals surface area contributed by atoms with Gasteiger partial charge in [0.25, 0.3) is 0 Å². The van der Waals surface area contributed by atoms with E-state index >= 15 is 0 Å². The van der Waals surface area contributed by atoms with Crippen LogP contribution in [0.4, 0.5) is 0 Å². The zero-order chi connectivity index (χ0) is 16.1. The lowest BCUT2D eigenvalue weighted by Crippen LogP contribution is -2.45. The van der Waals surface area contributed by atoms with E-state index in [4.69, 9.17) is 4.74 Å². The maximum absolute atomic E-state index is 9.80. The number of β-amino-alcohol motifs (C(OH)–C–C–N with tert-alkyl or cyclic N) is 1. The molecule has 0 bridgehead atoms. The van der Waals surface area contributed by atoms with Crippen molar-refractivity contribution < 1.29 is 9.84 Å². The van der Waals surface area contributed by atoms with Crippen molar-refractivity contribution in [3.8, 4) is 0 Å². The third-order valence-corrected chi connectivity index (χ3v) is 5.22. The summed E-state index contributed by atoms with van der Waals surface area (Å²) in [6.07, 6.45) is 3.83. The number of fused-ring (bicyclic) bond motifs is 1. The summed E-state index contributed by atoms with van der Waals surface area (Å²) in [6, 6.07) is 4.84. The molecule has 1 unspecified atom stereocenters. The van der Waals surface area contributed by atoms with E-state index < -0.39 is 0 Å². The molecule has 126 valence electrons. The first-order valence-electron chi connectivity index (χ1n) is 8.19. The predicted octanol–water partition coefficient (Wildman–Crippen LogP) is 1.86. The molecule has 0 radical (unpaired) electrons. The highest BCUT2D eigenvalue weighted by molar-refractivity contribution is 7.17. The molecule has 5 nitrogen and oxygen atoms in total. The van der Waals surface area contributed by atoms with Crippen molar-refractivity contribution in [2.75, 3.05) is 33.4 Å². The number of hydrogen-bond acceptors (Lipinski definition) is 6. The number of aromatic nitrogens is 1. The average molecular weight is 335 g/mol. The summed E-state index contributed by atoms with van der Waals surface area (Å²) < 4.78 is 6.24. The highest BCUT2D eigenvalue weighted by atomic mass is 32.1. The first-order chi connectivity index (χ1) is 11.2. The monoisotopic (exact) mass is 335 g/mol. The molecule has 3 rings (SSSR count). The van der Waals surface area contributed by atoms with Crippen molar-refractivity contribution in [2.24, 2.45) is 0 Å². The second-order valence-electron chi connectivity index (χ2n) is 6.21. The molecule has 1 saturated heterocycles.